The van der Waals surface area contributed by atoms with Gasteiger partial charge in [0.25, 0.3) is 0 Å². The second-order valence-electron chi connectivity index (χ2n) is 5.21. The molecule has 1 aliphatic heterocycles. The number of pyridine rings is 1. The molecule has 0 saturated heterocycles. The molecule has 3 rings (SSSR count). The van der Waals surface area contributed by atoms with Crippen LogP contribution in [0.4, 0.5) is 5.69 Å². The Kier molecular flexibility index (Phi) is 5.75. The number of aromatic nitrogens is 1. The minimum absolute atomic E-state index is 0.0407. The third kappa shape index (κ3) is 4.15. The molecule has 0 amide bonds. The van der Waals surface area contributed by atoms with E-state index in [1.54, 1.807) is 55.6 Å². The molecule has 1 aromatic heterocycles. The number of aliphatic hydroxyl groups is 1. The smallest absolute Gasteiger partial charge is 0.344 e. The Morgan fingerprint density at radius 3 is 2.88 bits per heavy atom. The maximum absolute atomic E-state index is 12.3. The number of ether oxygens (including phenoxy) is 1. The highest BCUT2D eigenvalue weighted by Crippen LogP contribution is 2.40. The van der Waals surface area contributed by atoms with Crippen LogP contribution >= 0.6 is 23.4 Å². The van der Waals surface area contributed by atoms with Gasteiger partial charge in [-0.05, 0) is 43.3 Å². The zero-order valence-electron chi connectivity index (χ0n) is 13.8. The number of carbonyl (C=O) groups excluding carboxylic acids is 1. The summed E-state index contributed by atoms with van der Waals surface area (Å²) in [6.45, 7) is 1.90. The van der Waals surface area contributed by atoms with E-state index in [0.717, 1.165) is 0 Å². The molecule has 0 bridgehead atoms. The highest BCUT2D eigenvalue weighted by Gasteiger charge is 2.33. The van der Waals surface area contributed by atoms with Gasteiger partial charge in [-0.1, -0.05) is 35.5 Å². The first-order chi connectivity index (χ1) is 12.6. The summed E-state index contributed by atoms with van der Waals surface area (Å²) < 4.78 is 5.07. The van der Waals surface area contributed by atoms with Crippen molar-refractivity contribution in [3.8, 4) is 0 Å². The maximum atomic E-state index is 12.3. The van der Waals surface area contributed by atoms with Crippen molar-refractivity contribution in [1.82, 2.24) is 4.98 Å². The number of aliphatic imine (C=N–C) groups is 1. The van der Waals surface area contributed by atoms with E-state index in [1.165, 1.54) is 11.8 Å². The van der Waals surface area contributed by atoms with Crippen molar-refractivity contribution in [2.24, 2.45) is 4.99 Å². The largest absolute Gasteiger partial charge is 0.506 e. The van der Waals surface area contributed by atoms with Crippen LogP contribution in [0.5, 0.6) is 0 Å². The lowest BCUT2D eigenvalue weighted by molar-refractivity contribution is -0.138. The van der Waals surface area contributed by atoms with Gasteiger partial charge < -0.3 is 9.84 Å². The summed E-state index contributed by atoms with van der Waals surface area (Å²) in [7, 11) is 0. The molecule has 2 aromatic rings. The van der Waals surface area contributed by atoms with Gasteiger partial charge in [-0.25, -0.2) is 9.79 Å². The average Bonchev–Trinajstić information content (AvgIpc) is 2.91. The Morgan fingerprint density at radius 2 is 2.19 bits per heavy atom. The van der Waals surface area contributed by atoms with Gasteiger partial charge in [0.2, 0.25) is 0 Å². The van der Waals surface area contributed by atoms with Crippen LogP contribution in [0.3, 0.4) is 0 Å². The van der Waals surface area contributed by atoms with Crippen LogP contribution in [0.15, 0.2) is 69.9 Å². The van der Waals surface area contributed by atoms with Gasteiger partial charge in [0.15, 0.2) is 0 Å². The van der Waals surface area contributed by atoms with Gasteiger partial charge in [0, 0.05) is 11.2 Å². The molecule has 0 unspecified atom stereocenters. The van der Waals surface area contributed by atoms with Crippen molar-refractivity contribution in [1.29, 1.82) is 0 Å². The molecule has 1 aromatic carbocycles. The molecule has 7 heteroatoms. The topological polar surface area (TPSA) is 71.8 Å². The molecule has 0 radical (unpaired) electrons. The average molecular weight is 387 g/mol. The molecular formula is C19H15ClN2O3S. The van der Waals surface area contributed by atoms with Crippen LogP contribution in [-0.4, -0.2) is 27.7 Å². The van der Waals surface area contributed by atoms with Crippen LogP contribution in [-0.2, 0) is 9.53 Å². The molecule has 0 saturated carbocycles. The van der Waals surface area contributed by atoms with E-state index >= 15 is 0 Å². The number of thioether (sulfide) groups is 1. The van der Waals surface area contributed by atoms with E-state index < -0.39 is 5.97 Å². The van der Waals surface area contributed by atoms with Crippen LogP contribution in [0.25, 0.3) is 6.08 Å². The van der Waals surface area contributed by atoms with E-state index in [1.807, 2.05) is 6.07 Å². The molecule has 5 nitrogen and oxygen atoms in total. The fourth-order valence-electron chi connectivity index (χ4n) is 2.25. The number of esters is 1. The number of nitrogens with zero attached hydrogens (tertiary/aromatic N) is 2. The second kappa shape index (κ2) is 8.21. The van der Waals surface area contributed by atoms with Crippen molar-refractivity contribution in [2.45, 2.75) is 6.92 Å². The fourth-order valence-corrected chi connectivity index (χ4v) is 3.45. The molecule has 132 valence electrons. The monoisotopic (exact) mass is 386 g/mol. The number of benzene rings is 1. The van der Waals surface area contributed by atoms with Crippen molar-refractivity contribution < 1.29 is 14.6 Å². The van der Waals surface area contributed by atoms with Crippen LogP contribution in [0.1, 0.15) is 12.6 Å². The predicted molar refractivity (Wildman–Crippen MR) is 105 cm³/mol. The number of hydrogen-bond donors (Lipinski definition) is 1. The van der Waals surface area contributed by atoms with Crippen molar-refractivity contribution in [2.75, 3.05) is 6.61 Å². The molecule has 1 N–H and O–H groups in total. The van der Waals surface area contributed by atoms with Gasteiger partial charge in [-0.3, -0.25) is 4.98 Å². The van der Waals surface area contributed by atoms with E-state index in [9.17, 15) is 9.90 Å². The molecule has 2 heterocycles. The summed E-state index contributed by atoms with van der Waals surface area (Å²) in [5.41, 5.74) is 1.28. The zero-order valence-corrected chi connectivity index (χ0v) is 15.4. The van der Waals surface area contributed by atoms with E-state index in [4.69, 9.17) is 16.3 Å². The molecule has 0 spiro atoms. The normalized spacial score (nSPS) is 17.2. The van der Waals surface area contributed by atoms with Gasteiger partial charge in [-0.2, -0.15) is 0 Å². The zero-order chi connectivity index (χ0) is 18.5. The molecule has 1 aliphatic rings. The Labute approximate surface area is 160 Å². The van der Waals surface area contributed by atoms with Crippen LogP contribution in [0.2, 0.25) is 5.02 Å². The fraction of sp³-hybridized carbons (Fsp3) is 0.105. The van der Waals surface area contributed by atoms with Crippen LogP contribution in [0, 0.1) is 0 Å². The maximum Gasteiger partial charge on any atom is 0.344 e. The van der Waals surface area contributed by atoms with Gasteiger partial charge >= 0.3 is 5.97 Å². The van der Waals surface area contributed by atoms with Gasteiger partial charge in [0.1, 0.15) is 16.4 Å². The minimum Gasteiger partial charge on any atom is -0.506 e. The third-order valence-corrected chi connectivity index (χ3v) is 4.63. The summed E-state index contributed by atoms with van der Waals surface area (Å²) in [4.78, 5) is 21.5. The van der Waals surface area contributed by atoms with E-state index in [0.29, 0.717) is 26.4 Å². The molecule has 0 fully saturated rings. The Morgan fingerprint density at radius 1 is 1.35 bits per heavy atom. The third-order valence-electron chi connectivity index (χ3n) is 3.38. The number of aliphatic hydroxyl groups excluding tert-OH is 1. The first-order valence-corrected chi connectivity index (χ1v) is 9.04. The first kappa shape index (κ1) is 18.2. The standard InChI is InChI=1S/C19H15ClN2O3S/c1-2-25-19(24)16-17(23)15(11-13-7-3-4-9-21-13)26-18(16)22-14-8-5-6-12(20)10-14/h3-11,23H,2H2,1H3/b15-11-,22-18?. The molecule has 0 aliphatic carbocycles. The van der Waals surface area contributed by atoms with Gasteiger partial charge in [-0.15, -0.1) is 0 Å². The van der Waals surface area contributed by atoms with Gasteiger partial charge in [0.05, 0.1) is 22.9 Å². The van der Waals surface area contributed by atoms with Crippen molar-refractivity contribution in [3.63, 3.8) is 0 Å². The lowest BCUT2D eigenvalue weighted by Crippen LogP contribution is -2.12. The van der Waals surface area contributed by atoms with E-state index in [2.05, 4.69) is 9.98 Å². The Bertz CT molecular complexity index is 923. The number of rotatable bonds is 4. The Hall–Kier alpha value is -2.57. The molecular weight excluding hydrogens is 372 g/mol. The molecule has 0 atom stereocenters. The highest BCUT2D eigenvalue weighted by molar-refractivity contribution is 8.18. The lowest BCUT2D eigenvalue weighted by atomic mass is 10.2. The minimum atomic E-state index is -0.623. The summed E-state index contributed by atoms with van der Waals surface area (Å²) >= 11 is 7.17. The number of carbonyl (C=O) groups is 1. The summed E-state index contributed by atoms with van der Waals surface area (Å²) in [6, 6.07) is 12.4. The highest BCUT2D eigenvalue weighted by atomic mass is 35.5. The number of halogens is 1. The molecule has 26 heavy (non-hydrogen) atoms. The van der Waals surface area contributed by atoms with Crippen molar-refractivity contribution in [3.05, 3.63) is 75.6 Å². The summed E-state index contributed by atoms with van der Waals surface area (Å²) in [5, 5.41) is 11.4. The van der Waals surface area contributed by atoms with Crippen molar-refractivity contribution >= 4 is 46.1 Å². The first-order valence-electron chi connectivity index (χ1n) is 7.84. The SMILES string of the molecule is CCOC(=O)C1=C(O)/C(=C/c2ccccn2)SC1=Nc1cccc(Cl)c1. The number of hydrogen-bond acceptors (Lipinski definition) is 6. The lowest BCUT2D eigenvalue weighted by Gasteiger charge is -2.04. The summed E-state index contributed by atoms with van der Waals surface area (Å²) in [5.74, 6) is -0.789. The van der Waals surface area contributed by atoms with E-state index in [-0.39, 0.29) is 17.9 Å². The summed E-state index contributed by atoms with van der Waals surface area (Å²) in [6.07, 6.45) is 3.35. The predicted octanol–water partition coefficient (Wildman–Crippen LogP) is 4.93. The quantitative estimate of drug-likeness (QED) is 0.754. The second-order valence-corrected chi connectivity index (χ2v) is 6.67. The Balaban J connectivity index is 2.04. The van der Waals surface area contributed by atoms with Crippen LogP contribution < -0.4 is 0 Å².